The fourth-order valence-corrected chi connectivity index (χ4v) is 4.81. The van der Waals surface area contributed by atoms with E-state index >= 15 is 0 Å². The minimum absolute atomic E-state index is 0.00252. The Bertz CT molecular complexity index is 1240. The largest absolute Gasteiger partial charge is 0.485 e. The predicted octanol–water partition coefficient (Wildman–Crippen LogP) is 6.93. The van der Waals surface area contributed by atoms with Crippen molar-refractivity contribution in [3.63, 3.8) is 0 Å². The SMILES string of the molecule is CC#C[C@@H](CC(=O)O)c1ccc2c(c1)CCC(c1ccc(C)c(-c3c(C)cccc3C)c1)O2. The Labute approximate surface area is 196 Å². The van der Waals surface area contributed by atoms with Crippen molar-refractivity contribution in [2.24, 2.45) is 0 Å². The highest BCUT2D eigenvalue weighted by atomic mass is 16.5. The average molecular weight is 439 g/mol. The van der Waals surface area contributed by atoms with Crippen molar-refractivity contribution < 1.29 is 14.6 Å². The lowest BCUT2D eigenvalue weighted by molar-refractivity contribution is -0.137. The molecule has 1 aliphatic heterocycles. The molecule has 0 bridgehead atoms. The van der Waals surface area contributed by atoms with E-state index in [1.54, 1.807) is 6.92 Å². The second-order valence-electron chi connectivity index (χ2n) is 8.90. The summed E-state index contributed by atoms with van der Waals surface area (Å²) in [7, 11) is 0. The third-order valence-electron chi connectivity index (χ3n) is 6.51. The van der Waals surface area contributed by atoms with Crippen LogP contribution in [0.1, 0.15) is 65.2 Å². The minimum Gasteiger partial charge on any atom is -0.485 e. The van der Waals surface area contributed by atoms with E-state index in [2.05, 4.69) is 75.1 Å². The van der Waals surface area contributed by atoms with E-state index in [1.807, 2.05) is 12.1 Å². The summed E-state index contributed by atoms with van der Waals surface area (Å²) in [5.41, 5.74) is 9.65. The fourth-order valence-electron chi connectivity index (χ4n) is 4.81. The highest BCUT2D eigenvalue weighted by Gasteiger charge is 2.24. The highest BCUT2D eigenvalue weighted by Crippen LogP contribution is 2.39. The lowest BCUT2D eigenvalue weighted by Gasteiger charge is -2.28. The monoisotopic (exact) mass is 438 g/mol. The first-order valence-corrected chi connectivity index (χ1v) is 11.5. The molecule has 1 aliphatic rings. The molecule has 1 unspecified atom stereocenters. The summed E-state index contributed by atoms with van der Waals surface area (Å²) in [4.78, 5) is 11.2. The van der Waals surface area contributed by atoms with Gasteiger partial charge < -0.3 is 9.84 Å². The highest BCUT2D eigenvalue weighted by molar-refractivity contribution is 5.74. The smallest absolute Gasteiger partial charge is 0.304 e. The minimum atomic E-state index is -0.837. The summed E-state index contributed by atoms with van der Waals surface area (Å²) in [5.74, 6) is 5.64. The average Bonchev–Trinajstić information content (AvgIpc) is 2.79. The molecular formula is C30H30O3. The molecule has 3 heteroatoms. The molecule has 1 N–H and O–H groups in total. The third-order valence-corrected chi connectivity index (χ3v) is 6.51. The summed E-state index contributed by atoms with van der Waals surface area (Å²) in [6, 6.07) is 19.1. The normalized spacial score (nSPS) is 15.6. The van der Waals surface area contributed by atoms with Gasteiger partial charge in [0.05, 0.1) is 12.3 Å². The van der Waals surface area contributed by atoms with Crippen molar-refractivity contribution in [1.29, 1.82) is 0 Å². The van der Waals surface area contributed by atoms with Crippen LogP contribution < -0.4 is 4.74 Å². The number of hydrogen-bond donors (Lipinski definition) is 1. The lowest BCUT2D eigenvalue weighted by atomic mass is 9.88. The number of aryl methyl sites for hydroxylation is 4. The summed E-state index contributed by atoms with van der Waals surface area (Å²) in [6.07, 6.45) is 1.78. The predicted molar refractivity (Wildman–Crippen MR) is 133 cm³/mol. The summed E-state index contributed by atoms with van der Waals surface area (Å²) in [5, 5.41) is 9.24. The molecule has 4 rings (SSSR count). The van der Waals surface area contributed by atoms with Gasteiger partial charge in [-0.2, -0.15) is 0 Å². The molecular weight excluding hydrogens is 408 g/mol. The molecule has 33 heavy (non-hydrogen) atoms. The van der Waals surface area contributed by atoms with E-state index in [0.717, 1.165) is 29.7 Å². The van der Waals surface area contributed by atoms with Crippen LogP contribution in [0.3, 0.4) is 0 Å². The molecule has 3 aromatic rings. The number of carbonyl (C=O) groups is 1. The van der Waals surface area contributed by atoms with Gasteiger partial charge in [0.15, 0.2) is 0 Å². The zero-order valence-corrected chi connectivity index (χ0v) is 19.7. The van der Waals surface area contributed by atoms with Gasteiger partial charge in [0.1, 0.15) is 11.9 Å². The van der Waals surface area contributed by atoms with Gasteiger partial charge in [-0.1, -0.05) is 48.4 Å². The summed E-state index contributed by atoms with van der Waals surface area (Å²) >= 11 is 0. The number of rotatable bonds is 5. The molecule has 0 radical (unpaired) electrons. The number of ether oxygens (including phenoxy) is 1. The lowest BCUT2D eigenvalue weighted by Crippen LogP contribution is -2.16. The Morgan fingerprint density at radius 2 is 1.82 bits per heavy atom. The maximum atomic E-state index is 11.2. The quantitative estimate of drug-likeness (QED) is 0.440. The van der Waals surface area contributed by atoms with E-state index in [9.17, 15) is 9.90 Å². The van der Waals surface area contributed by atoms with Crippen LogP contribution in [0.5, 0.6) is 5.75 Å². The van der Waals surface area contributed by atoms with Gasteiger partial charge in [-0.25, -0.2) is 0 Å². The van der Waals surface area contributed by atoms with Crippen molar-refractivity contribution in [3.05, 3.63) is 88.0 Å². The number of hydrogen-bond acceptors (Lipinski definition) is 2. The van der Waals surface area contributed by atoms with Gasteiger partial charge in [-0.15, -0.1) is 5.92 Å². The van der Waals surface area contributed by atoms with Crippen molar-refractivity contribution in [2.45, 2.75) is 59.0 Å². The van der Waals surface area contributed by atoms with E-state index in [4.69, 9.17) is 4.74 Å². The second kappa shape index (κ2) is 9.55. The number of fused-ring (bicyclic) bond motifs is 1. The molecule has 0 saturated carbocycles. The summed E-state index contributed by atoms with van der Waals surface area (Å²) < 4.78 is 6.43. The van der Waals surface area contributed by atoms with Crippen molar-refractivity contribution in [1.82, 2.24) is 0 Å². The van der Waals surface area contributed by atoms with E-state index < -0.39 is 5.97 Å². The maximum Gasteiger partial charge on any atom is 0.304 e. The van der Waals surface area contributed by atoms with Gasteiger partial charge in [0.2, 0.25) is 0 Å². The molecule has 1 heterocycles. The van der Waals surface area contributed by atoms with E-state index in [0.29, 0.717) is 0 Å². The standard InChI is InChI=1S/C30H30O3/c1-5-7-22(18-29(31)32)23-12-14-27-24(16-23)13-15-28(33-27)25-11-10-19(2)26(17-25)30-20(3)8-6-9-21(30)4/h6,8-12,14,16-17,22,28H,13,15,18H2,1-4H3,(H,31,32)/t22-,28?/m0/s1. The first-order chi connectivity index (χ1) is 15.9. The Morgan fingerprint density at radius 1 is 1.06 bits per heavy atom. The van der Waals surface area contributed by atoms with Crippen LogP contribution in [-0.2, 0) is 11.2 Å². The maximum absolute atomic E-state index is 11.2. The zero-order chi connectivity index (χ0) is 23.5. The Kier molecular flexibility index (Phi) is 6.56. The molecule has 0 saturated heterocycles. The topological polar surface area (TPSA) is 46.5 Å². The first kappa shape index (κ1) is 22.7. The molecule has 3 nitrogen and oxygen atoms in total. The Balaban J connectivity index is 1.62. The van der Waals surface area contributed by atoms with E-state index in [-0.39, 0.29) is 18.4 Å². The van der Waals surface area contributed by atoms with Gasteiger partial charge >= 0.3 is 5.97 Å². The van der Waals surface area contributed by atoms with Crippen molar-refractivity contribution in [3.8, 4) is 28.7 Å². The molecule has 3 aromatic carbocycles. The first-order valence-electron chi connectivity index (χ1n) is 11.5. The Morgan fingerprint density at radius 3 is 2.52 bits per heavy atom. The van der Waals surface area contributed by atoms with Gasteiger partial charge in [-0.05, 0) is 97.2 Å². The molecule has 0 fully saturated rings. The van der Waals surface area contributed by atoms with Crippen LogP contribution in [-0.4, -0.2) is 11.1 Å². The van der Waals surface area contributed by atoms with Crippen molar-refractivity contribution in [2.75, 3.05) is 0 Å². The van der Waals surface area contributed by atoms with Crippen LogP contribution in [0.4, 0.5) is 0 Å². The van der Waals surface area contributed by atoms with E-state index in [1.165, 1.54) is 33.4 Å². The third kappa shape index (κ3) is 4.81. The second-order valence-corrected chi connectivity index (χ2v) is 8.90. The number of carboxylic acid groups (broad SMARTS) is 1. The van der Waals surface area contributed by atoms with Gasteiger partial charge in [-0.3, -0.25) is 4.79 Å². The van der Waals surface area contributed by atoms with Gasteiger partial charge in [0, 0.05) is 0 Å². The molecule has 0 aromatic heterocycles. The van der Waals surface area contributed by atoms with Crippen LogP contribution in [0.15, 0.2) is 54.6 Å². The molecule has 0 amide bonds. The molecule has 0 aliphatic carbocycles. The number of aliphatic carboxylic acids is 1. The van der Waals surface area contributed by atoms with Crippen LogP contribution in [0.25, 0.3) is 11.1 Å². The zero-order valence-electron chi connectivity index (χ0n) is 19.7. The van der Waals surface area contributed by atoms with Crippen LogP contribution >= 0.6 is 0 Å². The van der Waals surface area contributed by atoms with Crippen molar-refractivity contribution >= 4 is 5.97 Å². The van der Waals surface area contributed by atoms with Crippen LogP contribution in [0.2, 0.25) is 0 Å². The molecule has 168 valence electrons. The molecule has 2 atom stereocenters. The van der Waals surface area contributed by atoms with Crippen LogP contribution in [0, 0.1) is 32.6 Å². The molecule has 0 spiro atoms. The number of carboxylic acids is 1. The summed E-state index contributed by atoms with van der Waals surface area (Å²) in [6.45, 7) is 8.24. The number of benzene rings is 3. The Hall–Kier alpha value is -3.51. The fraction of sp³-hybridized carbons (Fsp3) is 0.300. The van der Waals surface area contributed by atoms with Gasteiger partial charge in [0.25, 0.3) is 0 Å².